The van der Waals surface area contributed by atoms with Crippen LogP contribution in [0.15, 0.2) is 34.9 Å². The highest BCUT2D eigenvalue weighted by Crippen LogP contribution is 2.22. The van der Waals surface area contributed by atoms with E-state index in [-0.39, 0.29) is 12.1 Å². The molecule has 0 spiro atoms. The van der Waals surface area contributed by atoms with Gasteiger partial charge in [0.1, 0.15) is 6.10 Å². The van der Waals surface area contributed by atoms with Crippen LogP contribution in [0, 0.1) is 0 Å². The molecule has 6 nitrogen and oxygen atoms in total. The van der Waals surface area contributed by atoms with E-state index < -0.39 is 0 Å². The number of aromatic nitrogens is 2. The van der Waals surface area contributed by atoms with Crippen LogP contribution in [-0.4, -0.2) is 37.0 Å². The molecule has 2 aromatic rings. The number of hydrogen-bond acceptors (Lipinski definition) is 6. The van der Waals surface area contributed by atoms with Crippen LogP contribution in [0.3, 0.4) is 0 Å². The molecule has 2 N–H and O–H groups in total. The number of benzene rings is 1. The van der Waals surface area contributed by atoms with Gasteiger partial charge in [0, 0.05) is 26.7 Å². The van der Waals surface area contributed by atoms with E-state index in [2.05, 4.69) is 10.1 Å². The maximum absolute atomic E-state index is 5.86. The Labute approximate surface area is 117 Å². The number of nitrogens with zero attached hydrogens (tertiary/aromatic N) is 2. The van der Waals surface area contributed by atoms with Crippen molar-refractivity contribution in [2.45, 2.75) is 18.6 Å². The van der Waals surface area contributed by atoms with Gasteiger partial charge in [-0.25, -0.2) is 0 Å². The molecule has 1 heterocycles. The lowest BCUT2D eigenvalue weighted by molar-refractivity contribution is 0.126. The number of nitrogens with two attached hydrogens (primary N) is 1. The first kappa shape index (κ1) is 14.6. The summed E-state index contributed by atoms with van der Waals surface area (Å²) >= 11 is 0. The van der Waals surface area contributed by atoms with E-state index in [4.69, 9.17) is 19.7 Å². The highest BCUT2D eigenvalue weighted by atomic mass is 16.5. The quantitative estimate of drug-likeness (QED) is 0.821. The fourth-order valence-corrected chi connectivity index (χ4v) is 1.97. The molecule has 0 saturated carbocycles. The molecular formula is C14H19N3O3. The lowest BCUT2D eigenvalue weighted by atomic mass is 10.1. The number of hydrogen-bond donors (Lipinski definition) is 1. The molecule has 0 bridgehead atoms. The Hall–Kier alpha value is -1.76. The van der Waals surface area contributed by atoms with Gasteiger partial charge < -0.3 is 19.7 Å². The zero-order chi connectivity index (χ0) is 14.4. The van der Waals surface area contributed by atoms with Gasteiger partial charge in [-0.2, -0.15) is 4.98 Å². The smallest absolute Gasteiger partial charge is 0.228 e. The van der Waals surface area contributed by atoms with Crippen LogP contribution in [-0.2, 0) is 15.9 Å². The van der Waals surface area contributed by atoms with Crippen molar-refractivity contribution < 1.29 is 14.0 Å². The first-order valence-electron chi connectivity index (χ1n) is 6.39. The van der Waals surface area contributed by atoms with Crippen LogP contribution in [0.2, 0.25) is 0 Å². The van der Waals surface area contributed by atoms with Crippen molar-refractivity contribution in [1.82, 2.24) is 10.1 Å². The van der Waals surface area contributed by atoms with Crippen molar-refractivity contribution in [3.8, 4) is 0 Å². The van der Waals surface area contributed by atoms with Gasteiger partial charge in [-0.15, -0.1) is 0 Å². The molecule has 1 aromatic carbocycles. The van der Waals surface area contributed by atoms with Gasteiger partial charge in [-0.05, 0) is 5.56 Å². The van der Waals surface area contributed by atoms with E-state index in [1.807, 2.05) is 30.3 Å². The van der Waals surface area contributed by atoms with Gasteiger partial charge in [-0.1, -0.05) is 35.5 Å². The lowest BCUT2D eigenvalue weighted by Gasteiger charge is -2.11. The zero-order valence-electron chi connectivity index (χ0n) is 11.7. The fourth-order valence-electron chi connectivity index (χ4n) is 1.97. The summed E-state index contributed by atoms with van der Waals surface area (Å²) in [4.78, 5) is 4.34. The Morgan fingerprint density at radius 1 is 1.25 bits per heavy atom. The molecule has 0 saturated heterocycles. The van der Waals surface area contributed by atoms with E-state index in [9.17, 15) is 0 Å². The third kappa shape index (κ3) is 3.63. The maximum Gasteiger partial charge on any atom is 0.228 e. The van der Waals surface area contributed by atoms with Gasteiger partial charge >= 0.3 is 0 Å². The number of rotatable bonds is 7. The minimum absolute atomic E-state index is 0.161. The van der Waals surface area contributed by atoms with E-state index in [1.54, 1.807) is 14.2 Å². The minimum atomic E-state index is -0.340. The summed E-state index contributed by atoms with van der Waals surface area (Å²) in [5, 5.41) is 3.97. The summed E-state index contributed by atoms with van der Waals surface area (Å²) in [5.41, 5.74) is 6.84. The molecule has 1 aromatic heterocycles. The van der Waals surface area contributed by atoms with Gasteiger partial charge in [0.2, 0.25) is 11.7 Å². The van der Waals surface area contributed by atoms with E-state index in [0.29, 0.717) is 24.7 Å². The summed E-state index contributed by atoms with van der Waals surface area (Å²) in [6.07, 6.45) is 0.138. The van der Waals surface area contributed by atoms with Gasteiger partial charge in [0.05, 0.1) is 6.61 Å². The van der Waals surface area contributed by atoms with Crippen LogP contribution in [0.5, 0.6) is 0 Å². The van der Waals surface area contributed by atoms with Crippen molar-refractivity contribution in [1.29, 1.82) is 0 Å². The molecule has 2 atom stereocenters. The highest BCUT2D eigenvalue weighted by Gasteiger charge is 2.20. The van der Waals surface area contributed by atoms with E-state index >= 15 is 0 Å². The second-order valence-electron chi connectivity index (χ2n) is 4.49. The molecular weight excluding hydrogens is 258 g/mol. The molecule has 6 heteroatoms. The molecule has 2 unspecified atom stereocenters. The van der Waals surface area contributed by atoms with E-state index in [0.717, 1.165) is 5.56 Å². The summed E-state index contributed by atoms with van der Waals surface area (Å²) in [6.45, 7) is 0.449. The lowest BCUT2D eigenvalue weighted by Crippen LogP contribution is -2.28. The van der Waals surface area contributed by atoms with Crippen molar-refractivity contribution >= 4 is 0 Å². The monoisotopic (exact) mass is 277 g/mol. The molecule has 20 heavy (non-hydrogen) atoms. The molecule has 2 rings (SSSR count). The Morgan fingerprint density at radius 3 is 2.65 bits per heavy atom. The average molecular weight is 277 g/mol. The summed E-state index contributed by atoms with van der Waals surface area (Å²) < 4.78 is 15.6. The number of ether oxygens (including phenoxy) is 2. The molecule has 0 aliphatic rings. The molecule has 0 aliphatic heterocycles. The second kappa shape index (κ2) is 7.14. The molecule has 0 radical (unpaired) electrons. The summed E-state index contributed by atoms with van der Waals surface area (Å²) in [7, 11) is 3.22. The van der Waals surface area contributed by atoms with E-state index in [1.165, 1.54) is 0 Å². The minimum Gasteiger partial charge on any atom is -0.383 e. The normalized spacial score (nSPS) is 14.2. The largest absolute Gasteiger partial charge is 0.383 e. The third-order valence-electron chi connectivity index (χ3n) is 2.87. The van der Waals surface area contributed by atoms with Crippen LogP contribution in [0.25, 0.3) is 0 Å². The second-order valence-corrected chi connectivity index (χ2v) is 4.49. The van der Waals surface area contributed by atoms with Gasteiger partial charge in [0.15, 0.2) is 0 Å². The molecule has 108 valence electrons. The van der Waals surface area contributed by atoms with Crippen LogP contribution < -0.4 is 5.73 Å². The number of methoxy groups -OCH3 is 2. The SMILES string of the molecule is COCC(N)Cc1nc(C(OC)c2ccccc2)no1. The molecule has 0 aliphatic carbocycles. The Balaban J connectivity index is 2.10. The van der Waals surface area contributed by atoms with Crippen LogP contribution in [0.4, 0.5) is 0 Å². The highest BCUT2D eigenvalue weighted by molar-refractivity contribution is 5.22. The third-order valence-corrected chi connectivity index (χ3v) is 2.87. The summed E-state index contributed by atoms with van der Waals surface area (Å²) in [6, 6.07) is 9.59. The Bertz CT molecular complexity index is 515. The van der Waals surface area contributed by atoms with Crippen molar-refractivity contribution in [2.75, 3.05) is 20.8 Å². The van der Waals surface area contributed by atoms with Gasteiger partial charge in [0.25, 0.3) is 0 Å². The predicted octanol–water partition coefficient (Wildman–Crippen LogP) is 1.32. The zero-order valence-corrected chi connectivity index (χ0v) is 11.7. The summed E-state index contributed by atoms with van der Waals surface area (Å²) in [5.74, 6) is 0.987. The van der Waals surface area contributed by atoms with Crippen LogP contribution >= 0.6 is 0 Å². The van der Waals surface area contributed by atoms with Crippen LogP contribution in [0.1, 0.15) is 23.4 Å². The van der Waals surface area contributed by atoms with Crippen molar-refractivity contribution in [3.05, 3.63) is 47.6 Å². The first-order chi connectivity index (χ1) is 9.74. The molecule has 0 amide bonds. The molecule has 0 fully saturated rings. The standard InChI is InChI=1S/C14H19N3O3/c1-18-9-11(15)8-12-16-14(17-20-12)13(19-2)10-6-4-3-5-7-10/h3-7,11,13H,8-9,15H2,1-2H3. The predicted molar refractivity (Wildman–Crippen MR) is 73.1 cm³/mol. The first-order valence-corrected chi connectivity index (χ1v) is 6.39. The van der Waals surface area contributed by atoms with Gasteiger partial charge in [-0.3, -0.25) is 0 Å². The average Bonchev–Trinajstić information content (AvgIpc) is 2.89. The van der Waals surface area contributed by atoms with Crippen molar-refractivity contribution in [2.24, 2.45) is 5.73 Å². The van der Waals surface area contributed by atoms with Crippen molar-refractivity contribution in [3.63, 3.8) is 0 Å². The Morgan fingerprint density at radius 2 is 2.00 bits per heavy atom. The topological polar surface area (TPSA) is 83.4 Å². The fraction of sp³-hybridized carbons (Fsp3) is 0.429. The maximum atomic E-state index is 5.86. The Kier molecular flexibility index (Phi) is 5.23.